The van der Waals surface area contributed by atoms with Gasteiger partial charge in [0.2, 0.25) is 11.8 Å². The highest BCUT2D eigenvalue weighted by molar-refractivity contribution is 7.13. The zero-order valence-corrected chi connectivity index (χ0v) is 24.3. The van der Waals surface area contributed by atoms with E-state index in [9.17, 15) is 19.5 Å². The molecule has 0 bridgehead atoms. The van der Waals surface area contributed by atoms with Gasteiger partial charge in [-0.05, 0) is 43.4 Å². The summed E-state index contributed by atoms with van der Waals surface area (Å²) in [5.41, 5.74) is 7.91. The standard InChI is InChI=1S/C27H39N5O4S.ClH/c1-16(18-8-10-19(11-9-18)22-17(2)29-15-37-22)31-25(36)27(13-20(33)14-30-27)24(35)23(26(3,4)5)32-21(34)7-6-12-28;/h8-11,15-16,20,23,30,33H,6-7,12-14,28H2,1-5H3,(H,31,36)(H,32,34);1H/t16-,20+,23+,27-;/m0./s1. The van der Waals surface area contributed by atoms with Gasteiger partial charge in [-0.1, -0.05) is 45.0 Å². The molecule has 1 saturated heterocycles. The zero-order chi connectivity index (χ0) is 27.4. The highest BCUT2D eigenvalue weighted by Gasteiger charge is 2.55. The minimum atomic E-state index is -1.66. The number of β-amino-alcohol motifs (C(OH)–C–C–N with tert-alkyl or cyclic N) is 1. The van der Waals surface area contributed by atoms with Crippen molar-refractivity contribution in [1.29, 1.82) is 0 Å². The lowest BCUT2D eigenvalue weighted by molar-refractivity contribution is -0.142. The Morgan fingerprint density at radius 1 is 1.24 bits per heavy atom. The summed E-state index contributed by atoms with van der Waals surface area (Å²) in [7, 11) is 0. The monoisotopic (exact) mass is 565 g/mol. The number of halogens is 1. The number of carbonyl (C=O) groups excluding carboxylic acids is 3. The lowest BCUT2D eigenvalue weighted by Crippen LogP contribution is -2.66. The van der Waals surface area contributed by atoms with E-state index in [1.165, 1.54) is 0 Å². The molecular formula is C27H40ClN5O4S. The molecule has 0 saturated carbocycles. The highest BCUT2D eigenvalue weighted by atomic mass is 35.5. The van der Waals surface area contributed by atoms with Gasteiger partial charge in [0.25, 0.3) is 0 Å². The first-order chi connectivity index (χ1) is 17.4. The number of aryl methyl sites for hydroxylation is 1. The van der Waals surface area contributed by atoms with Crippen LogP contribution in [0.15, 0.2) is 29.8 Å². The van der Waals surface area contributed by atoms with Gasteiger partial charge in [0.05, 0.1) is 34.3 Å². The molecule has 1 aliphatic rings. The van der Waals surface area contributed by atoms with Crippen LogP contribution in [0.25, 0.3) is 10.4 Å². The Morgan fingerprint density at radius 3 is 2.39 bits per heavy atom. The molecule has 1 aromatic heterocycles. The third-order valence-electron chi connectivity index (χ3n) is 6.80. The Hall–Kier alpha value is -2.37. The zero-order valence-electron chi connectivity index (χ0n) is 22.7. The number of aromatic nitrogens is 1. The SMILES string of the molecule is Cc1ncsc1-c1ccc([C@H](C)NC(=O)[C@@]2(C(=O)[C@@H](NC(=O)CCCN)C(C)(C)C)C[C@@H](O)CN2)cc1.Cl. The van der Waals surface area contributed by atoms with Crippen LogP contribution in [0.1, 0.15) is 64.3 Å². The van der Waals surface area contributed by atoms with Gasteiger partial charge < -0.3 is 21.5 Å². The smallest absolute Gasteiger partial charge is 0.248 e. The summed E-state index contributed by atoms with van der Waals surface area (Å²) in [6.45, 7) is 9.80. The second-order valence-corrected chi connectivity index (χ2v) is 11.7. The fraction of sp³-hybridized carbons (Fsp3) is 0.556. The minimum Gasteiger partial charge on any atom is -0.392 e. The van der Waals surface area contributed by atoms with E-state index in [1.807, 2.05) is 64.4 Å². The molecule has 1 aliphatic heterocycles. The number of carbonyl (C=O) groups is 3. The van der Waals surface area contributed by atoms with Gasteiger partial charge in [0.1, 0.15) is 0 Å². The Kier molecular flexibility index (Phi) is 11.0. The Bertz CT molecular complexity index is 1120. The molecule has 2 aromatic rings. The number of hydrogen-bond donors (Lipinski definition) is 5. The van der Waals surface area contributed by atoms with E-state index in [2.05, 4.69) is 20.9 Å². The minimum absolute atomic E-state index is 0. The van der Waals surface area contributed by atoms with Crippen molar-refractivity contribution in [1.82, 2.24) is 20.9 Å². The van der Waals surface area contributed by atoms with Crippen LogP contribution in [0.3, 0.4) is 0 Å². The van der Waals surface area contributed by atoms with Gasteiger partial charge in [0, 0.05) is 19.4 Å². The van der Waals surface area contributed by atoms with Crippen LogP contribution in [0.4, 0.5) is 0 Å². The number of aliphatic hydroxyl groups excluding tert-OH is 1. The molecule has 2 heterocycles. The van der Waals surface area contributed by atoms with E-state index in [0.29, 0.717) is 13.0 Å². The maximum absolute atomic E-state index is 14.0. The maximum Gasteiger partial charge on any atom is 0.248 e. The first-order valence-electron chi connectivity index (χ1n) is 12.7. The first-order valence-corrected chi connectivity index (χ1v) is 13.5. The van der Waals surface area contributed by atoms with Crippen LogP contribution in [-0.2, 0) is 14.4 Å². The largest absolute Gasteiger partial charge is 0.392 e. The van der Waals surface area contributed by atoms with Gasteiger partial charge >= 0.3 is 0 Å². The third-order valence-corrected chi connectivity index (χ3v) is 7.77. The number of hydrogen-bond acceptors (Lipinski definition) is 8. The van der Waals surface area contributed by atoms with Gasteiger partial charge in [-0.2, -0.15) is 0 Å². The molecule has 0 aliphatic carbocycles. The van der Waals surface area contributed by atoms with E-state index in [1.54, 1.807) is 11.3 Å². The summed E-state index contributed by atoms with van der Waals surface area (Å²) in [6, 6.07) is 6.55. The lowest BCUT2D eigenvalue weighted by Gasteiger charge is -2.37. The van der Waals surface area contributed by atoms with Crippen molar-refractivity contribution in [3.63, 3.8) is 0 Å². The second kappa shape index (κ2) is 13.1. The molecule has 3 rings (SSSR count). The van der Waals surface area contributed by atoms with Crippen molar-refractivity contribution < 1.29 is 19.5 Å². The van der Waals surface area contributed by atoms with E-state index in [0.717, 1.165) is 21.7 Å². The third kappa shape index (κ3) is 7.18. The van der Waals surface area contributed by atoms with E-state index < -0.39 is 34.8 Å². The fourth-order valence-electron chi connectivity index (χ4n) is 4.59. The Morgan fingerprint density at radius 2 is 1.89 bits per heavy atom. The number of nitrogens with one attached hydrogen (secondary N) is 3. The number of benzene rings is 1. The topological polar surface area (TPSA) is 146 Å². The number of nitrogens with zero attached hydrogens (tertiary/aromatic N) is 1. The molecule has 1 fully saturated rings. The van der Waals surface area contributed by atoms with Crippen LogP contribution >= 0.6 is 23.7 Å². The van der Waals surface area contributed by atoms with Crippen molar-refractivity contribution in [2.24, 2.45) is 11.1 Å². The van der Waals surface area contributed by atoms with Crippen LogP contribution < -0.4 is 21.7 Å². The molecule has 0 radical (unpaired) electrons. The fourth-order valence-corrected chi connectivity index (χ4v) is 5.40. The Balaban J connectivity index is 0.00000507. The average molecular weight is 566 g/mol. The van der Waals surface area contributed by atoms with Gasteiger partial charge in [-0.3, -0.25) is 19.7 Å². The number of aliphatic hydroxyl groups is 1. The summed E-state index contributed by atoms with van der Waals surface area (Å²) < 4.78 is 0. The van der Waals surface area contributed by atoms with E-state index in [-0.39, 0.29) is 43.7 Å². The predicted molar refractivity (Wildman–Crippen MR) is 152 cm³/mol. The Labute approximate surface area is 234 Å². The molecular weight excluding hydrogens is 526 g/mol. The summed E-state index contributed by atoms with van der Waals surface area (Å²) >= 11 is 1.57. The van der Waals surface area contributed by atoms with Crippen LogP contribution in [0.5, 0.6) is 0 Å². The van der Waals surface area contributed by atoms with Gasteiger partial charge in [0.15, 0.2) is 11.3 Å². The van der Waals surface area contributed by atoms with Crippen LogP contribution in [-0.4, -0.2) is 58.5 Å². The summed E-state index contributed by atoms with van der Waals surface area (Å²) in [4.78, 5) is 45.6. The van der Waals surface area contributed by atoms with Crippen molar-refractivity contribution >= 4 is 41.3 Å². The van der Waals surface area contributed by atoms with Gasteiger partial charge in [-0.15, -0.1) is 23.7 Å². The molecule has 2 amide bonds. The van der Waals surface area contributed by atoms with E-state index in [4.69, 9.17) is 5.73 Å². The maximum atomic E-state index is 14.0. The van der Waals surface area contributed by atoms with Gasteiger partial charge in [-0.25, -0.2) is 4.98 Å². The second-order valence-electron chi connectivity index (χ2n) is 10.9. The molecule has 210 valence electrons. The molecule has 6 N–H and O–H groups in total. The number of thiazole rings is 1. The van der Waals surface area contributed by atoms with E-state index >= 15 is 0 Å². The quantitative estimate of drug-likeness (QED) is 0.278. The first kappa shape index (κ1) is 31.8. The summed E-state index contributed by atoms with van der Waals surface area (Å²) in [6.07, 6.45) is -0.238. The number of amides is 2. The summed E-state index contributed by atoms with van der Waals surface area (Å²) in [5.74, 6) is -1.27. The van der Waals surface area contributed by atoms with Crippen molar-refractivity contribution in [2.75, 3.05) is 13.1 Å². The van der Waals surface area contributed by atoms with Crippen molar-refractivity contribution in [2.45, 2.75) is 77.6 Å². The molecule has 0 unspecified atom stereocenters. The number of ketones is 1. The van der Waals surface area contributed by atoms with Crippen LogP contribution in [0, 0.1) is 12.3 Å². The lowest BCUT2D eigenvalue weighted by atomic mass is 9.75. The average Bonchev–Trinajstić information content (AvgIpc) is 3.46. The normalized spacial score (nSPS) is 20.8. The molecule has 0 spiro atoms. The molecule has 1 aromatic carbocycles. The number of rotatable bonds is 10. The number of nitrogens with two attached hydrogens (primary N) is 1. The number of Topliss-reactive ketones (excluding diaryl/α,β-unsaturated/α-hetero) is 1. The summed E-state index contributed by atoms with van der Waals surface area (Å²) in [5, 5.41) is 19.1. The molecule has 4 atom stereocenters. The van der Waals surface area contributed by atoms with Crippen molar-refractivity contribution in [3.8, 4) is 10.4 Å². The van der Waals surface area contributed by atoms with Crippen molar-refractivity contribution in [3.05, 3.63) is 41.0 Å². The molecule has 9 nitrogen and oxygen atoms in total. The van der Waals surface area contributed by atoms with Crippen LogP contribution in [0.2, 0.25) is 0 Å². The predicted octanol–water partition coefficient (Wildman–Crippen LogP) is 2.65. The highest BCUT2D eigenvalue weighted by Crippen LogP contribution is 2.31. The molecule has 38 heavy (non-hydrogen) atoms. The molecule has 11 heteroatoms.